The molecule has 7 nitrogen and oxygen atoms in total. The number of esters is 1. The number of rotatable bonds is 4. The first-order chi connectivity index (χ1) is 11.8. The predicted molar refractivity (Wildman–Crippen MR) is 87.9 cm³/mol. The third kappa shape index (κ3) is 2.74. The van der Waals surface area contributed by atoms with E-state index >= 15 is 0 Å². The Kier molecular flexibility index (Phi) is 3.72. The number of para-hydroxylation sites is 1. The quantitative estimate of drug-likeness (QED) is 0.532. The molecule has 0 aliphatic rings. The Labute approximate surface area is 140 Å². The van der Waals surface area contributed by atoms with Crippen LogP contribution in [-0.2, 0) is 11.3 Å². The molecule has 1 aromatic carbocycles. The van der Waals surface area contributed by atoms with E-state index in [4.69, 9.17) is 4.74 Å². The molecule has 0 radical (unpaired) electrons. The minimum Gasteiger partial charge on any atom is -0.454 e. The Morgan fingerprint density at radius 2 is 2.08 bits per heavy atom. The number of aromatic nitrogens is 5. The van der Waals surface area contributed by atoms with Gasteiger partial charge in [-0.1, -0.05) is 18.2 Å². The number of benzene rings is 1. The second-order valence-corrected chi connectivity index (χ2v) is 5.89. The molecular formula is C16H11N5O2S. The molecule has 0 aliphatic carbocycles. The summed E-state index contributed by atoms with van der Waals surface area (Å²) in [4.78, 5) is 16.5. The highest BCUT2D eigenvalue weighted by molar-refractivity contribution is 7.17. The Balaban J connectivity index is 1.51. The van der Waals surface area contributed by atoms with Gasteiger partial charge in [-0.2, -0.15) is 4.68 Å². The van der Waals surface area contributed by atoms with Gasteiger partial charge in [-0.3, -0.25) is 4.98 Å². The molecule has 4 rings (SSSR count). The van der Waals surface area contributed by atoms with Crippen LogP contribution in [0.5, 0.6) is 0 Å². The van der Waals surface area contributed by atoms with Crippen molar-refractivity contribution in [1.82, 2.24) is 25.2 Å². The molecule has 0 N–H and O–H groups in total. The lowest BCUT2D eigenvalue weighted by Crippen LogP contribution is -2.10. The normalized spacial score (nSPS) is 10.8. The molecule has 3 aromatic heterocycles. The maximum absolute atomic E-state index is 12.2. The van der Waals surface area contributed by atoms with Crippen LogP contribution in [0.2, 0.25) is 0 Å². The first-order valence-electron chi connectivity index (χ1n) is 7.14. The minimum atomic E-state index is -0.458. The lowest BCUT2D eigenvalue weighted by atomic mass is 10.3. The van der Waals surface area contributed by atoms with E-state index in [1.807, 2.05) is 41.8 Å². The molecular weight excluding hydrogens is 326 g/mol. The van der Waals surface area contributed by atoms with Crippen LogP contribution in [-0.4, -0.2) is 31.2 Å². The number of fused-ring (bicyclic) bond motifs is 1. The lowest BCUT2D eigenvalue weighted by molar-refractivity contribution is 0.0459. The summed E-state index contributed by atoms with van der Waals surface area (Å²) in [6.07, 6.45) is 1.51. The van der Waals surface area contributed by atoms with Gasteiger partial charge < -0.3 is 4.74 Å². The van der Waals surface area contributed by atoms with Gasteiger partial charge in [0.15, 0.2) is 12.4 Å². The van der Waals surface area contributed by atoms with Crippen molar-refractivity contribution in [3.63, 3.8) is 0 Å². The fourth-order valence-electron chi connectivity index (χ4n) is 2.24. The molecule has 0 spiro atoms. The van der Waals surface area contributed by atoms with E-state index in [-0.39, 0.29) is 6.61 Å². The maximum Gasteiger partial charge on any atom is 0.340 e. The van der Waals surface area contributed by atoms with Crippen molar-refractivity contribution < 1.29 is 9.53 Å². The summed E-state index contributed by atoms with van der Waals surface area (Å²) in [5.41, 5.74) is 2.07. The summed E-state index contributed by atoms with van der Waals surface area (Å²) in [7, 11) is 0. The summed E-state index contributed by atoms with van der Waals surface area (Å²) in [6.45, 7) is -0.0246. The van der Waals surface area contributed by atoms with Crippen LogP contribution in [0.15, 0.2) is 54.0 Å². The zero-order chi connectivity index (χ0) is 16.4. The standard InChI is InChI=1S/C16H11N5O2S/c22-16(11-8-14-13(17-9-11)6-7-24-14)23-10-15-18-19-20-21(15)12-4-2-1-3-5-12/h1-9H,10H2. The van der Waals surface area contributed by atoms with Crippen molar-refractivity contribution in [3.05, 3.63) is 65.4 Å². The van der Waals surface area contributed by atoms with E-state index in [9.17, 15) is 4.79 Å². The molecule has 0 fully saturated rings. The number of ether oxygens (including phenoxy) is 1. The van der Waals surface area contributed by atoms with Gasteiger partial charge >= 0.3 is 5.97 Å². The predicted octanol–water partition coefficient (Wildman–Crippen LogP) is 2.63. The molecule has 0 saturated carbocycles. The van der Waals surface area contributed by atoms with Crippen LogP contribution in [0.25, 0.3) is 15.9 Å². The third-order valence-electron chi connectivity index (χ3n) is 3.41. The summed E-state index contributed by atoms with van der Waals surface area (Å²) >= 11 is 1.53. The molecule has 0 atom stereocenters. The molecule has 118 valence electrons. The van der Waals surface area contributed by atoms with Gasteiger partial charge in [-0.15, -0.1) is 16.4 Å². The van der Waals surface area contributed by atoms with Crippen LogP contribution in [0.1, 0.15) is 16.2 Å². The lowest BCUT2D eigenvalue weighted by Gasteiger charge is -2.06. The Morgan fingerprint density at radius 3 is 2.96 bits per heavy atom. The number of thiophene rings is 1. The zero-order valence-electron chi connectivity index (χ0n) is 12.4. The van der Waals surface area contributed by atoms with Crippen LogP contribution < -0.4 is 0 Å². The second kappa shape index (κ2) is 6.17. The van der Waals surface area contributed by atoms with Gasteiger partial charge in [-0.25, -0.2) is 4.79 Å². The summed E-state index contributed by atoms with van der Waals surface area (Å²) in [5, 5.41) is 13.4. The summed E-state index contributed by atoms with van der Waals surface area (Å²) in [6, 6.07) is 13.1. The van der Waals surface area contributed by atoms with Gasteiger partial charge in [0.1, 0.15) is 0 Å². The van der Waals surface area contributed by atoms with Gasteiger partial charge in [0, 0.05) is 6.20 Å². The molecule has 8 heteroatoms. The topological polar surface area (TPSA) is 82.8 Å². The average Bonchev–Trinajstić information content (AvgIpc) is 3.28. The van der Waals surface area contributed by atoms with E-state index in [2.05, 4.69) is 20.5 Å². The Morgan fingerprint density at radius 1 is 1.21 bits per heavy atom. The first kappa shape index (κ1) is 14.5. The fraction of sp³-hybridized carbons (Fsp3) is 0.0625. The van der Waals surface area contributed by atoms with Gasteiger partial charge in [0.05, 0.1) is 21.5 Å². The second-order valence-electron chi connectivity index (χ2n) is 4.95. The van der Waals surface area contributed by atoms with E-state index in [0.29, 0.717) is 11.4 Å². The fourth-order valence-corrected chi connectivity index (χ4v) is 3.02. The van der Waals surface area contributed by atoms with Gasteiger partial charge in [-0.05, 0) is 40.1 Å². The highest BCUT2D eigenvalue weighted by atomic mass is 32.1. The number of tetrazole rings is 1. The molecule has 0 saturated heterocycles. The van der Waals surface area contributed by atoms with E-state index in [1.165, 1.54) is 22.2 Å². The van der Waals surface area contributed by atoms with Crippen molar-refractivity contribution in [2.45, 2.75) is 6.61 Å². The SMILES string of the molecule is O=C(OCc1nnnn1-c1ccccc1)c1cnc2ccsc2c1. The highest BCUT2D eigenvalue weighted by Crippen LogP contribution is 2.20. The number of carbonyl (C=O) groups excluding carboxylic acids is 1. The van der Waals surface area contributed by atoms with Gasteiger partial charge in [0.25, 0.3) is 0 Å². The zero-order valence-corrected chi connectivity index (χ0v) is 13.2. The monoisotopic (exact) mass is 337 g/mol. The van der Waals surface area contributed by atoms with E-state index in [1.54, 1.807) is 6.07 Å². The number of hydrogen-bond donors (Lipinski definition) is 0. The Hall–Kier alpha value is -3.13. The highest BCUT2D eigenvalue weighted by Gasteiger charge is 2.13. The molecule has 24 heavy (non-hydrogen) atoms. The number of hydrogen-bond acceptors (Lipinski definition) is 7. The first-order valence-corrected chi connectivity index (χ1v) is 8.02. The maximum atomic E-state index is 12.2. The van der Waals surface area contributed by atoms with E-state index in [0.717, 1.165) is 15.9 Å². The number of nitrogens with zero attached hydrogens (tertiary/aromatic N) is 5. The summed E-state index contributed by atoms with van der Waals surface area (Å²) in [5.74, 6) is -0.0138. The van der Waals surface area contributed by atoms with Crippen molar-refractivity contribution in [2.75, 3.05) is 0 Å². The molecule has 0 amide bonds. The molecule has 4 aromatic rings. The average molecular weight is 337 g/mol. The van der Waals surface area contributed by atoms with Crippen LogP contribution in [0.4, 0.5) is 0 Å². The number of carbonyl (C=O) groups is 1. The van der Waals surface area contributed by atoms with Gasteiger partial charge in [0.2, 0.25) is 0 Å². The van der Waals surface area contributed by atoms with Crippen molar-refractivity contribution in [1.29, 1.82) is 0 Å². The van der Waals surface area contributed by atoms with Crippen LogP contribution in [0, 0.1) is 0 Å². The van der Waals surface area contributed by atoms with Crippen molar-refractivity contribution in [3.8, 4) is 5.69 Å². The largest absolute Gasteiger partial charge is 0.454 e. The van der Waals surface area contributed by atoms with Crippen molar-refractivity contribution >= 4 is 27.5 Å². The molecule has 0 aliphatic heterocycles. The smallest absolute Gasteiger partial charge is 0.340 e. The minimum absolute atomic E-state index is 0.0246. The van der Waals surface area contributed by atoms with Crippen molar-refractivity contribution in [2.24, 2.45) is 0 Å². The third-order valence-corrected chi connectivity index (χ3v) is 4.26. The molecule has 3 heterocycles. The van der Waals surface area contributed by atoms with Crippen LogP contribution in [0.3, 0.4) is 0 Å². The molecule has 0 bridgehead atoms. The van der Waals surface area contributed by atoms with Crippen LogP contribution >= 0.6 is 11.3 Å². The molecule has 0 unspecified atom stereocenters. The van der Waals surface area contributed by atoms with E-state index < -0.39 is 5.97 Å². The number of pyridine rings is 1. The summed E-state index contributed by atoms with van der Waals surface area (Å²) < 4.78 is 7.80. The Bertz CT molecular complexity index is 996.